The van der Waals surface area contributed by atoms with Gasteiger partial charge in [-0.3, -0.25) is 20.6 Å². The maximum absolute atomic E-state index is 13.9. The van der Waals surface area contributed by atoms with Crippen LogP contribution in [0.2, 0.25) is 0 Å². The Kier molecular flexibility index (Phi) is 21.7. The third kappa shape index (κ3) is 19.1. The van der Waals surface area contributed by atoms with Crippen LogP contribution in [-0.2, 0) is 23.0 Å². The molecule has 10 N–H and O–H groups in total. The van der Waals surface area contributed by atoms with Crippen molar-refractivity contribution in [2.45, 2.75) is 61.5 Å². The molecule has 0 bridgehead atoms. The molecule has 55 heavy (non-hydrogen) atoms. The second-order valence-corrected chi connectivity index (χ2v) is 17.8. The molecule has 2 aromatic rings. The fourth-order valence-corrected chi connectivity index (χ4v) is 8.30. The minimum Gasteiger partial charge on any atom is -0.379 e. The molecular formula is C36H55Br2F2N11S4. The maximum Gasteiger partial charge on any atom is 0.159 e. The molecule has 0 aromatic heterocycles. The highest BCUT2D eigenvalue weighted by Crippen LogP contribution is 2.31. The molecule has 3 aliphatic carbocycles. The van der Waals surface area contributed by atoms with E-state index in [2.05, 4.69) is 30.4 Å². The van der Waals surface area contributed by atoms with Crippen LogP contribution in [0.5, 0.6) is 0 Å². The maximum atomic E-state index is 13.9. The lowest BCUT2D eigenvalue weighted by Crippen LogP contribution is -2.42. The summed E-state index contributed by atoms with van der Waals surface area (Å²) in [5.74, 6) is 4.65. The average Bonchev–Trinajstić information content (AvgIpc) is 3.99. The van der Waals surface area contributed by atoms with Crippen LogP contribution in [0.25, 0.3) is 0 Å². The highest BCUT2D eigenvalue weighted by molar-refractivity contribution is 8.93. The van der Waals surface area contributed by atoms with Gasteiger partial charge >= 0.3 is 0 Å². The summed E-state index contributed by atoms with van der Waals surface area (Å²) < 4.78 is 27.0. The molecule has 3 fully saturated rings. The summed E-state index contributed by atoms with van der Waals surface area (Å²) >= 11 is 5.70. The van der Waals surface area contributed by atoms with Crippen LogP contribution in [-0.4, -0.2) is 76.8 Å². The Morgan fingerprint density at radius 1 is 0.655 bits per heavy atom. The van der Waals surface area contributed by atoms with Crippen molar-refractivity contribution in [1.29, 1.82) is 10.8 Å². The number of nitrogens with one attached hydrogen (secondary N) is 4. The fraction of sp³-hybridized carbons (Fsp3) is 0.556. The van der Waals surface area contributed by atoms with Gasteiger partial charge in [-0.25, -0.2) is 18.8 Å². The van der Waals surface area contributed by atoms with Crippen LogP contribution in [0.4, 0.5) is 8.78 Å². The number of amidine groups is 4. The van der Waals surface area contributed by atoms with E-state index in [0.29, 0.717) is 11.5 Å². The van der Waals surface area contributed by atoms with Crippen LogP contribution < -0.4 is 27.8 Å². The monoisotopic (exact) mass is 965 g/mol. The molecule has 3 saturated carbocycles. The predicted molar refractivity (Wildman–Crippen MR) is 244 cm³/mol. The van der Waals surface area contributed by atoms with Crippen molar-refractivity contribution in [3.8, 4) is 0 Å². The third-order valence-corrected chi connectivity index (χ3v) is 12.6. The smallest absolute Gasteiger partial charge is 0.159 e. The highest BCUT2D eigenvalue weighted by Gasteiger charge is 2.26. The quantitative estimate of drug-likeness (QED) is 0.0808. The van der Waals surface area contributed by atoms with Crippen LogP contribution in [0.1, 0.15) is 60.8 Å². The largest absolute Gasteiger partial charge is 0.379 e. The normalized spacial score (nSPS) is 17.9. The van der Waals surface area contributed by atoms with E-state index in [-0.39, 0.29) is 55.9 Å². The molecular weight excluding hydrogens is 913 g/mol. The van der Waals surface area contributed by atoms with E-state index < -0.39 is 0 Å². The van der Waals surface area contributed by atoms with Gasteiger partial charge in [0.15, 0.2) is 20.7 Å². The van der Waals surface area contributed by atoms with Crippen LogP contribution in [0.3, 0.4) is 0 Å². The highest BCUT2D eigenvalue weighted by atomic mass is 79.9. The standard InChI is InChI=1S/C22H31FN6S2.C10H13FN4S2.C4H9N.2BrH/c23-20-6-5-18(10-30-21-24-12-28(13-25-21)8-16-1-2-16)19(7-20)11-31-22-26-14-29(15-27-22)9-17-3-4-17;11-8-2-1-6(4-16-9(12)13)7(3-8)5-17-10(14)15;5-3-4-1-2-4;;/h5-7,16-17H,1-4,8-15H2,(H,24,25)(H,26,27);1-3H,4-5H2,(H3,12,13)(H3,14,15);4H,1-3,5H2;2*1H. The molecule has 19 heteroatoms. The van der Waals surface area contributed by atoms with E-state index in [4.69, 9.17) is 28.0 Å². The van der Waals surface area contributed by atoms with Crippen LogP contribution >= 0.6 is 81.0 Å². The van der Waals surface area contributed by atoms with Crippen molar-refractivity contribution < 1.29 is 8.78 Å². The first-order chi connectivity index (χ1) is 25.6. The number of aliphatic imine (C=N–C) groups is 2. The van der Waals surface area contributed by atoms with Crippen LogP contribution in [0.15, 0.2) is 46.4 Å². The number of nitrogens with zero attached hydrogens (tertiary/aromatic N) is 4. The molecule has 0 radical (unpaired) electrons. The molecule has 0 unspecified atom stereocenters. The molecule has 7 rings (SSSR count). The summed E-state index contributed by atoms with van der Waals surface area (Å²) in [4.78, 5) is 14.1. The number of nitrogens with two attached hydrogens (primary N) is 3. The van der Waals surface area contributed by atoms with Crippen LogP contribution in [0, 0.1) is 40.2 Å². The summed E-state index contributed by atoms with van der Waals surface area (Å²) in [6.07, 6.45) is 8.24. The Morgan fingerprint density at radius 2 is 1.05 bits per heavy atom. The first-order valence-corrected chi connectivity index (χ1v) is 22.0. The lowest BCUT2D eigenvalue weighted by atomic mass is 10.1. The van der Waals surface area contributed by atoms with E-state index in [9.17, 15) is 8.78 Å². The van der Waals surface area contributed by atoms with Gasteiger partial charge in [-0.05, 0) is 109 Å². The van der Waals surface area contributed by atoms with E-state index in [1.807, 2.05) is 6.07 Å². The second-order valence-electron chi connectivity index (χ2n) is 13.9. The van der Waals surface area contributed by atoms with E-state index >= 15 is 0 Å². The van der Waals surface area contributed by atoms with Gasteiger partial charge in [0, 0.05) is 36.1 Å². The van der Waals surface area contributed by atoms with Gasteiger partial charge < -0.3 is 27.8 Å². The van der Waals surface area contributed by atoms with Gasteiger partial charge in [0.25, 0.3) is 0 Å². The Morgan fingerprint density at radius 3 is 1.42 bits per heavy atom. The Bertz CT molecular complexity index is 1600. The van der Waals surface area contributed by atoms with Gasteiger partial charge in [0.2, 0.25) is 0 Å². The van der Waals surface area contributed by atoms with Gasteiger partial charge in [-0.1, -0.05) is 59.2 Å². The zero-order chi connectivity index (χ0) is 37.6. The summed E-state index contributed by atoms with van der Waals surface area (Å²) in [6, 6.07) is 9.60. The average molecular weight is 968 g/mol. The molecule has 2 aromatic carbocycles. The molecule has 0 spiro atoms. The van der Waals surface area contributed by atoms with E-state index in [0.717, 1.165) is 120 Å². The lowest BCUT2D eigenvalue weighted by molar-refractivity contribution is 0.256. The number of thioether (sulfide) groups is 4. The SMILES string of the molecule is Br.Br.Fc1ccc(CSC2=NCN(CC3CC3)CN2)c(CSC2=NCN(CC3CC3)CN2)c1.N=C(N)SCc1ccc(F)cc1CSC(=N)N.NCC1CC1. The molecule has 306 valence electrons. The zero-order valence-electron chi connectivity index (χ0n) is 30.9. The summed E-state index contributed by atoms with van der Waals surface area (Å²) in [6.45, 7) is 6.50. The minimum absolute atomic E-state index is 0. The van der Waals surface area contributed by atoms with Gasteiger partial charge in [-0.2, -0.15) is 0 Å². The zero-order valence-corrected chi connectivity index (χ0v) is 37.6. The van der Waals surface area contributed by atoms with Gasteiger partial charge in [-0.15, -0.1) is 34.0 Å². The lowest BCUT2D eigenvalue weighted by Gasteiger charge is -2.26. The first kappa shape index (κ1) is 47.8. The van der Waals surface area contributed by atoms with Gasteiger partial charge in [0.1, 0.15) is 11.6 Å². The second kappa shape index (κ2) is 25.0. The van der Waals surface area contributed by atoms with Crippen molar-refractivity contribution in [1.82, 2.24) is 20.4 Å². The first-order valence-electron chi connectivity index (χ1n) is 18.1. The molecule has 0 atom stereocenters. The molecule has 2 heterocycles. The van der Waals surface area contributed by atoms with Gasteiger partial charge in [0.05, 0.1) is 26.7 Å². The Labute approximate surface area is 362 Å². The molecule has 0 amide bonds. The van der Waals surface area contributed by atoms with E-state index in [1.165, 1.54) is 62.4 Å². The third-order valence-electron chi connectivity index (χ3n) is 9.03. The topological polar surface area (TPSA) is 181 Å². The van der Waals surface area contributed by atoms with Crippen molar-refractivity contribution >= 4 is 102 Å². The Hall–Kier alpha value is -1.58. The number of halogens is 4. The molecule has 5 aliphatic rings. The summed E-state index contributed by atoms with van der Waals surface area (Å²) in [5.41, 5.74) is 19.6. The fourth-order valence-electron chi connectivity index (χ4n) is 5.36. The number of benzene rings is 2. The molecule has 0 saturated heterocycles. The number of hydrogen-bond acceptors (Lipinski definition) is 13. The minimum atomic E-state index is -0.319. The molecule has 11 nitrogen and oxygen atoms in total. The number of rotatable bonds is 13. The number of hydrogen-bond donors (Lipinski definition) is 7. The van der Waals surface area contributed by atoms with Crippen molar-refractivity contribution in [3.63, 3.8) is 0 Å². The van der Waals surface area contributed by atoms with E-state index in [1.54, 1.807) is 41.7 Å². The van der Waals surface area contributed by atoms with Crippen molar-refractivity contribution in [2.24, 2.45) is 44.9 Å². The predicted octanol–water partition coefficient (Wildman–Crippen LogP) is 7.05. The molecule has 2 aliphatic heterocycles. The summed E-state index contributed by atoms with van der Waals surface area (Å²) in [7, 11) is 0. The Balaban J connectivity index is 0.000000286. The van der Waals surface area contributed by atoms with Crippen molar-refractivity contribution in [3.05, 3.63) is 70.3 Å². The summed E-state index contributed by atoms with van der Waals surface area (Å²) in [5, 5.41) is 23.1. The van der Waals surface area contributed by atoms with Crippen molar-refractivity contribution in [2.75, 3.05) is 46.3 Å².